The van der Waals surface area contributed by atoms with Crippen LogP contribution in [0.4, 0.5) is 0 Å². The van der Waals surface area contributed by atoms with Gasteiger partial charge in [-0.05, 0) is 25.0 Å². The van der Waals surface area contributed by atoms with Gasteiger partial charge in [0.05, 0.1) is 0 Å². The molecule has 0 spiro atoms. The smallest absolute Gasteiger partial charge is 0.332 e. The summed E-state index contributed by atoms with van der Waals surface area (Å²) in [6.45, 7) is 3.31. The average Bonchev–Trinajstić information content (AvgIpc) is 2.16. The Kier molecular flexibility index (Phi) is 3.89. The second-order valence-corrected chi connectivity index (χ2v) is 7.30. The van der Waals surface area contributed by atoms with Crippen LogP contribution in [0.2, 0.25) is 0 Å². The molecule has 1 aromatic rings. The maximum absolute atomic E-state index is 11.8. The quantitative estimate of drug-likeness (QED) is 0.770. The van der Waals surface area contributed by atoms with E-state index in [4.69, 9.17) is 5.11 Å². The van der Waals surface area contributed by atoms with Crippen LogP contribution >= 0.6 is 7.14 Å². The highest BCUT2D eigenvalue weighted by Crippen LogP contribution is 2.34. The van der Waals surface area contributed by atoms with Crippen molar-refractivity contribution in [2.75, 3.05) is 13.3 Å². The van der Waals surface area contributed by atoms with E-state index in [1.807, 2.05) is 0 Å². The van der Waals surface area contributed by atoms with Crippen molar-refractivity contribution in [3.8, 4) is 0 Å². The van der Waals surface area contributed by atoms with E-state index in [2.05, 4.69) is 0 Å². The molecule has 1 atom stereocenters. The molecule has 0 radical (unpaired) electrons. The van der Waals surface area contributed by atoms with Crippen molar-refractivity contribution in [3.63, 3.8) is 0 Å². The summed E-state index contributed by atoms with van der Waals surface area (Å²) in [5, 5.41) is 18.5. The zero-order valence-electron chi connectivity index (χ0n) is 9.25. The van der Waals surface area contributed by atoms with Crippen molar-refractivity contribution >= 4 is 18.4 Å². The van der Waals surface area contributed by atoms with Crippen molar-refractivity contribution in [1.82, 2.24) is 0 Å². The fourth-order valence-electron chi connectivity index (χ4n) is 1.33. The standard InChI is InChI=1S/C11H15O4P/c1-16(2,15)9-5-3-4-8(6-9)7-10(12)11(13)14/h3-6,10,12H,7H2,1-2H3,(H,13,14). The number of carboxylic acids is 1. The first-order valence-electron chi connectivity index (χ1n) is 4.86. The van der Waals surface area contributed by atoms with E-state index in [9.17, 15) is 14.5 Å². The number of aliphatic hydroxyl groups excluding tert-OH is 1. The van der Waals surface area contributed by atoms with Gasteiger partial charge in [-0.3, -0.25) is 0 Å². The van der Waals surface area contributed by atoms with Crippen LogP contribution in [0, 0.1) is 0 Å². The second-order valence-electron chi connectivity index (χ2n) is 4.08. The lowest BCUT2D eigenvalue weighted by Gasteiger charge is -2.10. The van der Waals surface area contributed by atoms with Gasteiger partial charge in [0, 0.05) is 11.7 Å². The molecule has 0 aliphatic carbocycles. The summed E-state index contributed by atoms with van der Waals surface area (Å²) in [4.78, 5) is 10.5. The van der Waals surface area contributed by atoms with Gasteiger partial charge in [-0.25, -0.2) is 4.79 Å². The van der Waals surface area contributed by atoms with Crippen LogP contribution in [-0.4, -0.2) is 35.6 Å². The molecule has 1 rings (SSSR count). The Morgan fingerprint density at radius 2 is 2.06 bits per heavy atom. The van der Waals surface area contributed by atoms with Crippen molar-refractivity contribution < 1.29 is 19.6 Å². The Morgan fingerprint density at radius 3 is 2.56 bits per heavy atom. The highest BCUT2D eigenvalue weighted by atomic mass is 31.2. The maximum atomic E-state index is 11.8. The first-order chi connectivity index (χ1) is 7.30. The van der Waals surface area contributed by atoms with Gasteiger partial charge in [0.1, 0.15) is 7.14 Å². The monoisotopic (exact) mass is 242 g/mol. The summed E-state index contributed by atoms with van der Waals surface area (Å²) in [5.41, 5.74) is 0.677. The Hall–Kier alpha value is -1.12. The highest BCUT2D eigenvalue weighted by molar-refractivity contribution is 7.70. The van der Waals surface area contributed by atoms with E-state index in [0.717, 1.165) is 0 Å². The van der Waals surface area contributed by atoms with Crippen LogP contribution in [-0.2, 0) is 15.8 Å². The van der Waals surface area contributed by atoms with Gasteiger partial charge in [0.15, 0.2) is 6.10 Å². The minimum Gasteiger partial charge on any atom is -0.479 e. The third-order valence-corrected chi connectivity index (χ3v) is 3.77. The Labute approximate surface area is 94.3 Å². The van der Waals surface area contributed by atoms with Crippen LogP contribution in [0.3, 0.4) is 0 Å². The van der Waals surface area contributed by atoms with Gasteiger partial charge < -0.3 is 14.8 Å². The minimum absolute atomic E-state index is 0.0309. The molecule has 16 heavy (non-hydrogen) atoms. The number of benzene rings is 1. The zero-order valence-corrected chi connectivity index (χ0v) is 10.1. The normalized spacial score (nSPS) is 13.4. The average molecular weight is 242 g/mol. The van der Waals surface area contributed by atoms with Gasteiger partial charge in [0.25, 0.3) is 0 Å². The largest absolute Gasteiger partial charge is 0.479 e. The number of hydrogen-bond acceptors (Lipinski definition) is 3. The van der Waals surface area contributed by atoms with E-state index in [1.54, 1.807) is 37.6 Å². The molecule has 5 heteroatoms. The Morgan fingerprint density at radius 1 is 1.44 bits per heavy atom. The SMILES string of the molecule is CP(C)(=O)c1cccc(CC(O)C(=O)O)c1. The van der Waals surface area contributed by atoms with Gasteiger partial charge in [-0.15, -0.1) is 0 Å². The van der Waals surface area contributed by atoms with Crippen LogP contribution in [0.1, 0.15) is 5.56 Å². The van der Waals surface area contributed by atoms with E-state index in [1.165, 1.54) is 0 Å². The molecule has 1 aromatic carbocycles. The molecular weight excluding hydrogens is 227 g/mol. The molecule has 0 aliphatic rings. The second kappa shape index (κ2) is 4.81. The minimum atomic E-state index is -2.34. The lowest BCUT2D eigenvalue weighted by Crippen LogP contribution is -2.22. The molecule has 0 aliphatic heterocycles. The van der Waals surface area contributed by atoms with E-state index >= 15 is 0 Å². The van der Waals surface area contributed by atoms with E-state index in [0.29, 0.717) is 10.9 Å². The van der Waals surface area contributed by atoms with Gasteiger partial charge >= 0.3 is 5.97 Å². The summed E-state index contributed by atoms with van der Waals surface area (Å²) in [6.07, 6.45) is -1.38. The molecule has 0 aromatic heterocycles. The molecule has 0 fully saturated rings. The van der Waals surface area contributed by atoms with Crippen molar-refractivity contribution in [3.05, 3.63) is 29.8 Å². The van der Waals surface area contributed by atoms with Crippen LogP contribution in [0.5, 0.6) is 0 Å². The van der Waals surface area contributed by atoms with Crippen LogP contribution in [0.25, 0.3) is 0 Å². The number of aliphatic carboxylic acids is 1. The predicted molar refractivity (Wildman–Crippen MR) is 62.9 cm³/mol. The molecule has 4 nitrogen and oxygen atoms in total. The van der Waals surface area contributed by atoms with Crippen molar-refractivity contribution in [1.29, 1.82) is 0 Å². The molecule has 0 saturated carbocycles. The molecule has 0 saturated heterocycles. The molecule has 2 N–H and O–H groups in total. The number of hydrogen-bond donors (Lipinski definition) is 2. The Bertz CT molecular complexity index is 435. The summed E-state index contributed by atoms with van der Waals surface area (Å²) in [7, 11) is -2.34. The summed E-state index contributed by atoms with van der Waals surface area (Å²) >= 11 is 0. The number of carbonyl (C=O) groups is 1. The fourth-order valence-corrected chi connectivity index (χ4v) is 2.25. The molecule has 0 amide bonds. The first kappa shape index (κ1) is 12.9. The van der Waals surface area contributed by atoms with Crippen molar-refractivity contribution in [2.24, 2.45) is 0 Å². The molecule has 0 heterocycles. The molecule has 0 bridgehead atoms. The van der Waals surface area contributed by atoms with Crippen molar-refractivity contribution in [2.45, 2.75) is 12.5 Å². The molecule has 1 unspecified atom stereocenters. The number of carboxylic acid groups (broad SMARTS) is 1. The van der Waals surface area contributed by atoms with E-state index in [-0.39, 0.29) is 6.42 Å². The summed E-state index contributed by atoms with van der Waals surface area (Å²) in [6, 6.07) is 6.87. The molecular formula is C11H15O4P. The summed E-state index contributed by atoms with van der Waals surface area (Å²) < 4.78 is 11.8. The fraction of sp³-hybridized carbons (Fsp3) is 0.364. The van der Waals surface area contributed by atoms with Gasteiger partial charge in [0.2, 0.25) is 0 Å². The summed E-state index contributed by atoms with van der Waals surface area (Å²) in [5.74, 6) is -1.25. The third-order valence-electron chi connectivity index (χ3n) is 2.25. The number of aliphatic hydroxyl groups is 1. The van der Waals surface area contributed by atoms with E-state index < -0.39 is 19.2 Å². The highest BCUT2D eigenvalue weighted by Gasteiger charge is 2.16. The third kappa shape index (κ3) is 3.47. The lowest BCUT2D eigenvalue weighted by molar-refractivity contribution is -0.146. The van der Waals surface area contributed by atoms with Gasteiger partial charge in [-0.1, -0.05) is 18.2 Å². The van der Waals surface area contributed by atoms with Crippen LogP contribution < -0.4 is 5.30 Å². The Balaban J connectivity index is 2.92. The first-order valence-corrected chi connectivity index (χ1v) is 7.46. The predicted octanol–water partition coefficient (Wildman–Crippen LogP) is 0.923. The maximum Gasteiger partial charge on any atom is 0.332 e. The van der Waals surface area contributed by atoms with Gasteiger partial charge in [-0.2, -0.15) is 0 Å². The molecule has 88 valence electrons. The van der Waals surface area contributed by atoms with Crippen LogP contribution in [0.15, 0.2) is 24.3 Å². The zero-order chi connectivity index (χ0) is 12.3. The topological polar surface area (TPSA) is 74.6 Å². The number of rotatable bonds is 4. The lowest BCUT2D eigenvalue weighted by atomic mass is 10.1.